The number of aromatic amines is 1. The summed E-state index contributed by atoms with van der Waals surface area (Å²) in [7, 11) is -4.81. The Kier molecular flexibility index (Phi) is 23.4. The van der Waals surface area contributed by atoms with Crippen LogP contribution in [0.5, 0.6) is 0 Å². The second-order valence-corrected chi connectivity index (χ2v) is 14.8. The first-order valence-electron chi connectivity index (χ1n) is 19.1. The van der Waals surface area contributed by atoms with Crippen molar-refractivity contribution in [1.29, 1.82) is 0 Å². The molecule has 1 aromatic heterocycles. The number of azide groups is 1. The number of unbranched alkanes of at least 4 members (excludes halogenated alkanes) is 16. The number of phosphoric acid groups is 1. The molecule has 288 valence electrons. The predicted molar refractivity (Wildman–Crippen MR) is 194 cm³/mol. The highest BCUT2D eigenvalue weighted by Gasteiger charge is 2.40. The number of aryl methyl sites for hydroxylation is 1. The van der Waals surface area contributed by atoms with Crippen LogP contribution in [0.4, 0.5) is 0 Å². The molecular formula is C35H64N5O9P. The smallest absolute Gasteiger partial charge is 0.379 e. The Morgan fingerprint density at radius 1 is 0.940 bits per heavy atom. The first kappa shape index (κ1) is 44.0. The van der Waals surface area contributed by atoms with Crippen molar-refractivity contribution >= 4 is 7.82 Å². The highest BCUT2D eigenvalue weighted by Crippen LogP contribution is 2.48. The Bertz CT molecular complexity index is 1260. The highest BCUT2D eigenvalue weighted by molar-refractivity contribution is 7.47. The molecule has 5 atom stereocenters. The van der Waals surface area contributed by atoms with E-state index in [9.17, 15) is 19.0 Å². The minimum Gasteiger partial charge on any atom is -0.379 e. The summed E-state index contributed by atoms with van der Waals surface area (Å²) in [4.78, 5) is 39.5. The Morgan fingerprint density at radius 2 is 1.50 bits per heavy atom. The lowest BCUT2D eigenvalue weighted by molar-refractivity contribution is -0.0909. The molecule has 1 fully saturated rings. The van der Waals surface area contributed by atoms with Crippen molar-refractivity contribution in [1.82, 2.24) is 9.55 Å². The molecule has 2 N–H and O–H groups in total. The molecule has 0 bridgehead atoms. The summed E-state index contributed by atoms with van der Waals surface area (Å²) < 4.78 is 42.5. The first-order chi connectivity index (χ1) is 24.2. The van der Waals surface area contributed by atoms with Gasteiger partial charge in [0.25, 0.3) is 5.56 Å². The number of H-pyrrole nitrogens is 1. The zero-order valence-corrected chi connectivity index (χ0v) is 31.7. The van der Waals surface area contributed by atoms with Crippen molar-refractivity contribution in [2.45, 2.75) is 180 Å². The number of ether oxygens (including phenoxy) is 3. The van der Waals surface area contributed by atoms with Crippen LogP contribution < -0.4 is 11.2 Å². The molecule has 1 aliphatic rings. The molecule has 3 unspecified atom stereocenters. The topological polar surface area (TPSA) is 187 Å². The lowest BCUT2D eigenvalue weighted by Crippen LogP contribution is -2.37. The van der Waals surface area contributed by atoms with E-state index < -0.39 is 43.6 Å². The van der Waals surface area contributed by atoms with Gasteiger partial charge in [0.05, 0.1) is 24.9 Å². The van der Waals surface area contributed by atoms with Gasteiger partial charge in [-0.2, -0.15) is 0 Å². The molecule has 0 aliphatic carbocycles. The fourth-order valence-corrected chi connectivity index (χ4v) is 7.00. The van der Waals surface area contributed by atoms with Gasteiger partial charge in [0.15, 0.2) is 0 Å². The molecule has 2 rings (SSSR count). The van der Waals surface area contributed by atoms with Gasteiger partial charge < -0.3 is 18.8 Å². The Hall–Kier alpha value is -2.18. The van der Waals surface area contributed by atoms with Crippen molar-refractivity contribution in [3.05, 3.63) is 43.0 Å². The molecule has 14 nitrogen and oxygen atoms in total. The molecule has 1 aliphatic heterocycles. The molecule has 2 heterocycles. The molecule has 1 aromatic rings. The van der Waals surface area contributed by atoms with Gasteiger partial charge in [0.1, 0.15) is 11.5 Å². The largest absolute Gasteiger partial charge is 0.533 e. The number of nitrogens with zero attached hydrogens (tertiary/aromatic N) is 4. The Labute approximate surface area is 298 Å². The van der Waals surface area contributed by atoms with E-state index in [-0.39, 0.29) is 13.0 Å². The van der Waals surface area contributed by atoms with E-state index in [0.717, 1.165) is 32.1 Å². The molecule has 15 heteroatoms. The van der Waals surface area contributed by atoms with Gasteiger partial charge in [-0.1, -0.05) is 117 Å². The molecule has 0 saturated carbocycles. The number of rotatable bonds is 31. The van der Waals surface area contributed by atoms with Gasteiger partial charge in [-0.25, -0.2) is 9.36 Å². The molecule has 0 amide bonds. The minimum absolute atomic E-state index is 0.135. The van der Waals surface area contributed by atoms with E-state index in [2.05, 4.69) is 33.6 Å². The van der Waals surface area contributed by atoms with Crippen LogP contribution in [0.3, 0.4) is 0 Å². The number of aromatic nitrogens is 2. The van der Waals surface area contributed by atoms with Crippen LogP contribution in [0, 0.1) is 6.92 Å². The first-order valence-corrected chi connectivity index (χ1v) is 20.6. The van der Waals surface area contributed by atoms with Gasteiger partial charge in [-0.15, -0.1) is 0 Å². The van der Waals surface area contributed by atoms with Crippen molar-refractivity contribution in [3.63, 3.8) is 0 Å². The number of phosphoric ester groups is 1. The highest BCUT2D eigenvalue weighted by atomic mass is 31.2. The summed E-state index contributed by atoms with van der Waals surface area (Å²) >= 11 is 0. The zero-order valence-electron chi connectivity index (χ0n) is 30.8. The molecule has 50 heavy (non-hydrogen) atoms. The maximum Gasteiger partial charge on any atom is 0.533 e. The van der Waals surface area contributed by atoms with Crippen LogP contribution in [-0.2, 0) is 27.9 Å². The quantitative estimate of drug-likeness (QED) is 0.0188. The minimum atomic E-state index is -4.81. The van der Waals surface area contributed by atoms with E-state index in [0.29, 0.717) is 31.6 Å². The third-order valence-corrected chi connectivity index (χ3v) is 9.95. The fraction of sp³-hybridized carbons (Fsp3) is 0.886. The average Bonchev–Trinajstić information content (AvgIpc) is 3.58. The van der Waals surface area contributed by atoms with E-state index in [1.807, 2.05) is 0 Å². The summed E-state index contributed by atoms with van der Waals surface area (Å²) in [6.45, 7) is 7.37. The van der Waals surface area contributed by atoms with Gasteiger partial charge in [-0.05, 0) is 38.1 Å². The fourth-order valence-electron chi connectivity index (χ4n) is 6.27. The van der Waals surface area contributed by atoms with Crippen LogP contribution in [0.25, 0.3) is 10.4 Å². The summed E-state index contributed by atoms with van der Waals surface area (Å²) in [5.74, 6) is 0. The lowest BCUT2D eigenvalue weighted by Gasteiger charge is -2.29. The van der Waals surface area contributed by atoms with Crippen LogP contribution in [-0.4, -0.2) is 52.6 Å². The Morgan fingerprint density at radius 3 is 2.08 bits per heavy atom. The monoisotopic (exact) mass is 729 g/mol. The molecule has 1 saturated heterocycles. The summed E-state index contributed by atoms with van der Waals surface area (Å²) in [5, 5.41) is 2.78. The molecule has 0 spiro atoms. The average molecular weight is 730 g/mol. The van der Waals surface area contributed by atoms with Gasteiger partial charge >= 0.3 is 13.5 Å². The molecule has 0 aromatic carbocycles. The van der Waals surface area contributed by atoms with Crippen LogP contribution in [0.15, 0.2) is 21.1 Å². The molecule has 0 radical (unpaired) electrons. The predicted octanol–water partition coefficient (Wildman–Crippen LogP) is 9.10. The summed E-state index contributed by atoms with van der Waals surface area (Å²) in [5.41, 5.74) is 7.88. The SMILES string of the molecule is CCCCCCCCCCCCOCC(CC(OP(=O)(O)ON=[N+]=[N-])[C@@H]1CC[C@H](n2cc(C)c(=O)[nH]c2=O)O1)OCCCCCCCCCC. The van der Waals surface area contributed by atoms with Gasteiger partial charge in [0.2, 0.25) is 0 Å². The standard InChI is InChI=1S/C35H64N5O9P/c1-4-6-8-10-12-14-15-16-18-20-24-45-28-30(46-25-21-19-17-13-11-9-7-5-2)26-32(48-50(43,44)49-39-38-36)31-22-23-33(47-31)40-27-29(3)34(41)37-35(40)42/h27,30-33H,4-26,28H2,1-3H3,(H,43,44)(H,37,41,42)/t30?,31-,32?,33+/m0/s1. The van der Waals surface area contributed by atoms with Gasteiger partial charge in [0, 0.05) is 36.3 Å². The van der Waals surface area contributed by atoms with Crippen molar-refractivity contribution in [2.24, 2.45) is 5.28 Å². The number of hydrogen-bond donors (Lipinski definition) is 2. The second kappa shape index (κ2) is 26.6. The third-order valence-electron chi connectivity index (χ3n) is 9.14. The normalized spacial score (nSPS) is 18.4. The maximum atomic E-state index is 12.7. The van der Waals surface area contributed by atoms with Gasteiger partial charge in [-0.3, -0.25) is 23.8 Å². The maximum absolute atomic E-state index is 12.7. The van der Waals surface area contributed by atoms with Crippen molar-refractivity contribution in [3.8, 4) is 0 Å². The van der Waals surface area contributed by atoms with Crippen molar-refractivity contribution < 1.29 is 32.8 Å². The number of hydrogen-bond acceptors (Lipinski definition) is 9. The third kappa shape index (κ3) is 18.9. The molecular weight excluding hydrogens is 665 g/mol. The van der Waals surface area contributed by atoms with E-state index in [1.165, 1.54) is 94.2 Å². The summed E-state index contributed by atoms with van der Waals surface area (Å²) in [6.07, 6.45) is 20.9. The Balaban J connectivity index is 2.01. The van der Waals surface area contributed by atoms with Crippen LogP contribution >= 0.6 is 7.82 Å². The van der Waals surface area contributed by atoms with Crippen LogP contribution in [0.1, 0.15) is 160 Å². The van der Waals surface area contributed by atoms with Crippen molar-refractivity contribution in [2.75, 3.05) is 19.8 Å². The van der Waals surface area contributed by atoms with Crippen LogP contribution in [0.2, 0.25) is 0 Å². The van der Waals surface area contributed by atoms with E-state index in [1.54, 1.807) is 6.92 Å². The summed E-state index contributed by atoms with van der Waals surface area (Å²) in [6, 6.07) is 0. The van der Waals surface area contributed by atoms with E-state index >= 15 is 0 Å². The number of nitrogens with one attached hydrogen (secondary N) is 1. The van der Waals surface area contributed by atoms with E-state index in [4.69, 9.17) is 24.3 Å². The second-order valence-electron chi connectivity index (χ2n) is 13.5. The zero-order chi connectivity index (χ0) is 36.5. The lowest BCUT2D eigenvalue weighted by atomic mass is 10.0.